The lowest BCUT2D eigenvalue weighted by molar-refractivity contribution is -0.115. The van der Waals surface area contributed by atoms with Crippen LogP contribution in [0.25, 0.3) is 0 Å². The number of rotatable bonds is 2. The number of carbonyl (C=O) groups excluding carboxylic acids is 1. The van der Waals surface area contributed by atoms with Crippen LogP contribution in [0.4, 0.5) is 0 Å². The maximum atomic E-state index is 11.3. The lowest BCUT2D eigenvalue weighted by Gasteiger charge is -2.06. The molecule has 0 saturated carbocycles. The fourth-order valence-electron chi connectivity index (χ4n) is 1.83. The largest absolute Gasteiger partial charge is 0.295 e. The Morgan fingerprint density at radius 1 is 1.23 bits per heavy atom. The highest BCUT2D eigenvalue weighted by Gasteiger charge is 2.23. The van der Waals surface area contributed by atoms with Gasteiger partial charge in [0, 0.05) is 6.42 Å². The van der Waals surface area contributed by atoms with E-state index in [1.807, 2.05) is 13.8 Å². The van der Waals surface area contributed by atoms with Crippen molar-refractivity contribution in [1.82, 2.24) is 0 Å². The molecule has 0 unspecified atom stereocenters. The predicted molar refractivity (Wildman–Crippen MR) is 57.7 cm³/mol. The van der Waals surface area contributed by atoms with Gasteiger partial charge in [-0.2, -0.15) is 0 Å². The lowest BCUT2D eigenvalue weighted by Crippen LogP contribution is -2.03. The second-order valence-corrected chi connectivity index (χ2v) is 3.45. The van der Waals surface area contributed by atoms with Crippen molar-refractivity contribution >= 4 is 5.78 Å². The Bertz CT molecular complexity index is 199. The first-order valence-electron chi connectivity index (χ1n) is 5.42. The van der Waals surface area contributed by atoms with E-state index in [1.54, 1.807) is 0 Å². The van der Waals surface area contributed by atoms with Crippen LogP contribution in [0.1, 0.15) is 53.9 Å². The fourth-order valence-corrected chi connectivity index (χ4v) is 1.83. The van der Waals surface area contributed by atoms with Gasteiger partial charge in [0.15, 0.2) is 5.78 Å². The minimum absolute atomic E-state index is 0.386. The van der Waals surface area contributed by atoms with Crippen molar-refractivity contribution in [3.8, 4) is 0 Å². The van der Waals surface area contributed by atoms with Crippen molar-refractivity contribution in [2.24, 2.45) is 5.92 Å². The number of allylic oxidation sites excluding steroid dienone is 2. The van der Waals surface area contributed by atoms with Gasteiger partial charge >= 0.3 is 0 Å². The summed E-state index contributed by atoms with van der Waals surface area (Å²) in [5, 5.41) is 0. The van der Waals surface area contributed by atoms with Crippen molar-refractivity contribution in [3.05, 3.63) is 11.1 Å². The normalized spacial score (nSPS) is 16.3. The van der Waals surface area contributed by atoms with Crippen LogP contribution < -0.4 is 0 Å². The summed E-state index contributed by atoms with van der Waals surface area (Å²) in [6.45, 7) is 10.3. The molecule has 0 radical (unpaired) electrons. The zero-order chi connectivity index (χ0) is 10.4. The van der Waals surface area contributed by atoms with Crippen LogP contribution in [-0.4, -0.2) is 5.78 Å². The molecule has 0 aromatic rings. The number of hydrogen-bond acceptors (Lipinski definition) is 1. The maximum absolute atomic E-state index is 11.3. The number of ketones is 1. The molecule has 0 saturated heterocycles. The Morgan fingerprint density at radius 2 is 1.77 bits per heavy atom. The molecule has 0 spiro atoms. The summed E-state index contributed by atoms with van der Waals surface area (Å²) in [7, 11) is 0. The Labute approximate surface area is 82.2 Å². The van der Waals surface area contributed by atoms with E-state index in [4.69, 9.17) is 0 Å². The fraction of sp³-hybridized carbons (Fsp3) is 0.750. The third kappa shape index (κ3) is 2.98. The second kappa shape index (κ2) is 5.95. The van der Waals surface area contributed by atoms with Crippen LogP contribution in [0.2, 0.25) is 0 Å². The molecule has 0 aromatic heterocycles. The van der Waals surface area contributed by atoms with Crippen molar-refractivity contribution in [1.29, 1.82) is 0 Å². The molecule has 0 fully saturated rings. The van der Waals surface area contributed by atoms with Gasteiger partial charge in [0.1, 0.15) is 0 Å². The predicted octanol–water partition coefficient (Wildman–Crippen LogP) is 3.74. The van der Waals surface area contributed by atoms with Crippen molar-refractivity contribution in [2.75, 3.05) is 0 Å². The summed E-state index contributed by atoms with van der Waals surface area (Å²) in [4.78, 5) is 11.3. The van der Waals surface area contributed by atoms with Gasteiger partial charge in [0.25, 0.3) is 0 Å². The molecule has 0 heterocycles. The zero-order valence-corrected chi connectivity index (χ0v) is 9.61. The molecule has 0 aliphatic heterocycles. The minimum atomic E-state index is 0.386. The zero-order valence-electron chi connectivity index (χ0n) is 9.61. The molecule has 1 aliphatic rings. The molecule has 1 nitrogen and oxygen atoms in total. The number of Topliss-reactive ketones (excluding diaryl/α,β-unsaturated/α-hetero) is 1. The SMILES string of the molecule is CC.CCC1=C(C(C)C)C(=O)CC1. The Kier molecular flexibility index (Phi) is 5.68. The Morgan fingerprint density at radius 3 is 2.08 bits per heavy atom. The van der Waals surface area contributed by atoms with Crippen molar-refractivity contribution < 1.29 is 4.79 Å². The topological polar surface area (TPSA) is 17.1 Å². The molecule has 1 heteroatoms. The van der Waals surface area contributed by atoms with Gasteiger partial charge in [-0.25, -0.2) is 0 Å². The van der Waals surface area contributed by atoms with Gasteiger partial charge < -0.3 is 0 Å². The van der Waals surface area contributed by atoms with E-state index >= 15 is 0 Å². The van der Waals surface area contributed by atoms with Crippen LogP contribution in [0.15, 0.2) is 11.1 Å². The quantitative estimate of drug-likeness (QED) is 0.636. The standard InChI is InChI=1S/C10H16O.C2H6/c1-4-8-5-6-9(11)10(8)7(2)3;1-2/h7H,4-6H2,1-3H3;1-2H3. The number of hydrogen-bond donors (Lipinski definition) is 0. The van der Waals surface area contributed by atoms with Crippen LogP contribution in [0, 0.1) is 5.92 Å². The molecule has 0 atom stereocenters. The summed E-state index contributed by atoms with van der Waals surface area (Å²) < 4.78 is 0. The number of carbonyl (C=O) groups is 1. The maximum Gasteiger partial charge on any atom is 0.159 e. The van der Waals surface area contributed by atoms with E-state index < -0.39 is 0 Å². The van der Waals surface area contributed by atoms with E-state index in [0.29, 0.717) is 11.7 Å². The first-order valence-corrected chi connectivity index (χ1v) is 5.42. The Hall–Kier alpha value is -0.590. The van der Waals surface area contributed by atoms with Crippen LogP contribution in [-0.2, 0) is 4.79 Å². The van der Waals surface area contributed by atoms with E-state index in [-0.39, 0.29) is 0 Å². The molecule has 0 bridgehead atoms. The third-order valence-corrected chi connectivity index (χ3v) is 2.34. The van der Waals surface area contributed by atoms with Gasteiger partial charge in [-0.1, -0.05) is 40.2 Å². The van der Waals surface area contributed by atoms with Crippen LogP contribution >= 0.6 is 0 Å². The monoisotopic (exact) mass is 182 g/mol. The first kappa shape index (κ1) is 12.4. The van der Waals surface area contributed by atoms with Crippen LogP contribution in [0.5, 0.6) is 0 Å². The summed E-state index contributed by atoms with van der Waals surface area (Å²) >= 11 is 0. The second-order valence-electron chi connectivity index (χ2n) is 3.45. The molecule has 1 aliphatic carbocycles. The molecular formula is C12H22O. The average Bonchev–Trinajstić information content (AvgIpc) is 2.50. The lowest BCUT2D eigenvalue weighted by atomic mass is 9.98. The smallest absolute Gasteiger partial charge is 0.159 e. The first-order chi connectivity index (χ1) is 6.16. The molecular weight excluding hydrogens is 160 g/mol. The van der Waals surface area contributed by atoms with Gasteiger partial charge in [-0.15, -0.1) is 0 Å². The summed E-state index contributed by atoms with van der Waals surface area (Å²) in [5.74, 6) is 0.816. The van der Waals surface area contributed by atoms with Gasteiger partial charge in [0.2, 0.25) is 0 Å². The molecule has 1 rings (SSSR count). The molecule has 0 N–H and O–H groups in total. The summed E-state index contributed by atoms with van der Waals surface area (Å²) in [6, 6.07) is 0. The molecule has 13 heavy (non-hydrogen) atoms. The van der Waals surface area contributed by atoms with E-state index in [0.717, 1.165) is 24.8 Å². The third-order valence-electron chi connectivity index (χ3n) is 2.34. The van der Waals surface area contributed by atoms with Gasteiger partial charge in [-0.3, -0.25) is 4.79 Å². The summed E-state index contributed by atoms with van der Waals surface area (Å²) in [5.41, 5.74) is 2.51. The van der Waals surface area contributed by atoms with E-state index in [2.05, 4.69) is 20.8 Å². The van der Waals surface area contributed by atoms with Crippen LogP contribution in [0.3, 0.4) is 0 Å². The minimum Gasteiger partial charge on any atom is -0.295 e. The molecule has 0 amide bonds. The molecule has 76 valence electrons. The van der Waals surface area contributed by atoms with Crippen molar-refractivity contribution in [2.45, 2.75) is 53.9 Å². The van der Waals surface area contributed by atoms with E-state index in [9.17, 15) is 4.79 Å². The highest BCUT2D eigenvalue weighted by molar-refractivity contribution is 5.99. The molecule has 0 aromatic carbocycles. The highest BCUT2D eigenvalue weighted by Crippen LogP contribution is 2.29. The average molecular weight is 182 g/mol. The van der Waals surface area contributed by atoms with Crippen molar-refractivity contribution in [3.63, 3.8) is 0 Å². The Balaban J connectivity index is 0.000000671. The highest BCUT2D eigenvalue weighted by atomic mass is 16.1. The van der Waals surface area contributed by atoms with E-state index in [1.165, 1.54) is 5.57 Å². The van der Waals surface area contributed by atoms with Gasteiger partial charge in [-0.05, 0) is 24.3 Å². The summed E-state index contributed by atoms with van der Waals surface area (Å²) in [6.07, 6.45) is 2.83. The van der Waals surface area contributed by atoms with Gasteiger partial charge in [0.05, 0.1) is 0 Å².